The topological polar surface area (TPSA) is 30.9 Å². The highest BCUT2D eigenvalue weighted by Crippen LogP contribution is 2.26. The molecule has 3 aromatic rings. The summed E-state index contributed by atoms with van der Waals surface area (Å²) in [7, 11) is 0. The molecule has 1 aliphatic rings. The first kappa shape index (κ1) is 17.7. The van der Waals surface area contributed by atoms with Crippen LogP contribution < -0.4 is 15.7 Å². The molecule has 7 heteroatoms. The lowest BCUT2D eigenvalue weighted by Gasteiger charge is -2.27. The van der Waals surface area contributed by atoms with E-state index in [-0.39, 0.29) is 24.0 Å². The summed E-state index contributed by atoms with van der Waals surface area (Å²) >= 11 is 0. The van der Waals surface area contributed by atoms with Gasteiger partial charge in [0.25, 0.3) is 0 Å². The molecular formula is C19H15ClF2N4. The Morgan fingerprint density at radius 2 is 1.35 bits per heavy atom. The maximum atomic E-state index is 13.7. The third-order valence-electron chi connectivity index (χ3n) is 3.74. The second-order valence-corrected chi connectivity index (χ2v) is 5.49. The predicted octanol–water partition coefficient (Wildman–Crippen LogP) is 4.49. The van der Waals surface area contributed by atoms with Crippen LogP contribution in [0.15, 0.2) is 84.0 Å². The zero-order chi connectivity index (χ0) is 17.2. The minimum Gasteiger partial charge on any atom is -0.259 e. The molecule has 132 valence electrons. The summed E-state index contributed by atoms with van der Waals surface area (Å²) in [5.41, 5.74) is 5.06. The van der Waals surface area contributed by atoms with E-state index >= 15 is 0 Å². The first-order chi connectivity index (χ1) is 12.2. The van der Waals surface area contributed by atoms with Gasteiger partial charge in [-0.3, -0.25) is 5.43 Å². The highest BCUT2D eigenvalue weighted by atomic mass is 35.5. The number of anilines is 2. The van der Waals surface area contributed by atoms with Crippen molar-refractivity contribution in [3.63, 3.8) is 0 Å². The van der Waals surface area contributed by atoms with Crippen LogP contribution in [0, 0.1) is 11.6 Å². The van der Waals surface area contributed by atoms with Gasteiger partial charge in [0, 0.05) is 17.7 Å². The fourth-order valence-electron chi connectivity index (χ4n) is 2.58. The third-order valence-corrected chi connectivity index (χ3v) is 3.74. The highest BCUT2D eigenvalue weighted by molar-refractivity contribution is 6.02. The molecule has 26 heavy (non-hydrogen) atoms. The molecule has 0 aliphatic carbocycles. The van der Waals surface area contributed by atoms with Gasteiger partial charge in [-0.05, 0) is 24.3 Å². The lowest BCUT2D eigenvalue weighted by Crippen LogP contribution is -2.44. The number of nitrogens with one attached hydrogen (secondary N) is 1. The van der Waals surface area contributed by atoms with E-state index in [9.17, 15) is 8.78 Å². The molecule has 1 aliphatic heterocycles. The van der Waals surface area contributed by atoms with Crippen LogP contribution in [0.1, 0.15) is 5.56 Å². The van der Waals surface area contributed by atoms with Crippen LogP contribution in [-0.4, -0.2) is 5.84 Å². The van der Waals surface area contributed by atoms with Crippen molar-refractivity contribution in [1.29, 1.82) is 0 Å². The Kier molecular flexibility index (Phi) is 5.04. The van der Waals surface area contributed by atoms with Gasteiger partial charge in [-0.2, -0.15) is 10.2 Å². The third kappa shape index (κ3) is 3.45. The maximum Gasteiger partial charge on any atom is 0.176 e. The Bertz CT molecular complexity index is 934. The molecule has 4 rings (SSSR count). The van der Waals surface area contributed by atoms with E-state index < -0.39 is 0 Å². The van der Waals surface area contributed by atoms with Crippen LogP contribution in [0.5, 0.6) is 0 Å². The van der Waals surface area contributed by atoms with Crippen molar-refractivity contribution in [3.8, 4) is 0 Å². The molecule has 0 saturated heterocycles. The van der Waals surface area contributed by atoms with Crippen molar-refractivity contribution in [2.75, 3.05) is 10.2 Å². The number of rotatable bonds is 3. The van der Waals surface area contributed by atoms with Gasteiger partial charge < -0.3 is 0 Å². The molecular weight excluding hydrogens is 358 g/mol. The SMILES string of the molecule is Cl.Fc1cccc(N2N=C(c3ccccc3)NN2c2cccc(F)c2)c1. The monoisotopic (exact) mass is 372 g/mol. The molecule has 4 nitrogen and oxygen atoms in total. The summed E-state index contributed by atoms with van der Waals surface area (Å²) < 4.78 is 27.3. The first-order valence-electron chi connectivity index (χ1n) is 7.73. The number of hydrogen-bond acceptors (Lipinski definition) is 4. The Hall–Kier alpha value is -3.12. The summed E-state index contributed by atoms with van der Waals surface area (Å²) in [6, 6.07) is 21.7. The average Bonchev–Trinajstić information content (AvgIpc) is 3.08. The Morgan fingerprint density at radius 1 is 0.731 bits per heavy atom. The van der Waals surface area contributed by atoms with Crippen molar-refractivity contribution in [1.82, 2.24) is 5.43 Å². The summed E-state index contributed by atoms with van der Waals surface area (Å²) in [5, 5.41) is 7.60. The van der Waals surface area contributed by atoms with Crippen molar-refractivity contribution >= 4 is 29.6 Å². The molecule has 1 heterocycles. The van der Waals surface area contributed by atoms with E-state index in [0.717, 1.165) is 5.56 Å². The predicted molar refractivity (Wildman–Crippen MR) is 101 cm³/mol. The molecule has 0 fully saturated rings. The molecule has 3 aromatic carbocycles. The van der Waals surface area contributed by atoms with Crippen LogP contribution in [0.4, 0.5) is 20.2 Å². The van der Waals surface area contributed by atoms with E-state index in [0.29, 0.717) is 17.2 Å². The molecule has 0 radical (unpaired) electrons. The van der Waals surface area contributed by atoms with E-state index in [4.69, 9.17) is 0 Å². The quantitative estimate of drug-likeness (QED) is 0.734. The van der Waals surface area contributed by atoms with E-state index in [1.165, 1.54) is 29.4 Å². The van der Waals surface area contributed by atoms with Gasteiger partial charge in [0.15, 0.2) is 5.84 Å². The summed E-state index contributed by atoms with van der Waals surface area (Å²) in [6.45, 7) is 0. The minimum atomic E-state index is -0.375. The van der Waals surface area contributed by atoms with E-state index in [1.807, 2.05) is 30.3 Å². The number of amidine groups is 1. The van der Waals surface area contributed by atoms with Gasteiger partial charge in [0.1, 0.15) is 11.6 Å². The average molecular weight is 373 g/mol. The van der Waals surface area contributed by atoms with Crippen LogP contribution >= 0.6 is 12.4 Å². The second-order valence-electron chi connectivity index (χ2n) is 5.49. The minimum absolute atomic E-state index is 0. The van der Waals surface area contributed by atoms with Crippen LogP contribution in [-0.2, 0) is 0 Å². The lowest BCUT2D eigenvalue weighted by molar-refractivity contribution is 0.622. The van der Waals surface area contributed by atoms with Crippen molar-refractivity contribution in [2.45, 2.75) is 0 Å². The number of hydrazine groups is 2. The van der Waals surface area contributed by atoms with Gasteiger partial charge >= 0.3 is 0 Å². The molecule has 0 atom stereocenters. The Morgan fingerprint density at radius 3 is 2.00 bits per heavy atom. The van der Waals surface area contributed by atoms with Gasteiger partial charge in [-0.15, -0.1) is 17.5 Å². The molecule has 0 saturated carbocycles. The lowest BCUT2D eigenvalue weighted by atomic mass is 10.2. The zero-order valence-corrected chi connectivity index (χ0v) is 14.3. The van der Waals surface area contributed by atoms with Gasteiger partial charge in [0.2, 0.25) is 0 Å². The van der Waals surface area contributed by atoms with E-state index in [1.54, 1.807) is 29.4 Å². The number of nitrogens with zero attached hydrogens (tertiary/aromatic N) is 3. The number of hydrazone groups is 1. The molecule has 0 amide bonds. The summed E-state index contributed by atoms with van der Waals surface area (Å²) in [4.78, 5) is 0. The fraction of sp³-hybridized carbons (Fsp3) is 0. The molecule has 1 N–H and O–H groups in total. The van der Waals surface area contributed by atoms with Gasteiger partial charge in [0.05, 0.1) is 11.4 Å². The van der Waals surface area contributed by atoms with Gasteiger partial charge in [-0.25, -0.2) is 8.78 Å². The van der Waals surface area contributed by atoms with Crippen molar-refractivity contribution in [2.24, 2.45) is 5.10 Å². The normalized spacial score (nSPS) is 13.1. The molecule has 0 bridgehead atoms. The zero-order valence-electron chi connectivity index (χ0n) is 13.5. The Balaban J connectivity index is 0.00000196. The number of benzene rings is 3. The highest BCUT2D eigenvalue weighted by Gasteiger charge is 2.26. The van der Waals surface area contributed by atoms with E-state index in [2.05, 4.69) is 10.5 Å². The van der Waals surface area contributed by atoms with Crippen molar-refractivity contribution in [3.05, 3.63) is 96.1 Å². The Labute approximate surface area is 155 Å². The van der Waals surface area contributed by atoms with Crippen LogP contribution in [0.25, 0.3) is 0 Å². The summed E-state index contributed by atoms with van der Waals surface area (Å²) in [6.07, 6.45) is 0. The van der Waals surface area contributed by atoms with Crippen LogP contribution in [0.2, 0.25) is 0 Å². The smallest absolute Gasteiger partial charge is 0.176 e. The van der Waals surface area contributed by atoms with Crippen LogP contribution in [0.3, 0.4) is 0 Å². The van der Waals surface area contributed by atoms with Crippen molar-refractivity contribution < 1.29 is 8.78 Å². The molecule has 0 unspecified atom stereocenters. The fourth-order valence-corrected chi connectivity index (χ4v) is 2.58. The summed E-state index contributed by atoms with van der Waals surface area (Å²) in [5.74, 6) is -0.166. The number of hydrogen-bond donors (Lipinski definition) is 1. The molecule has 0 spiro atoms. The second kappa shape index (κ2) is 7.41. The maximum absolute atomic E-state index is 13.7. The largest absolute Gasteiger partial charge is 0.259 e. The van der Waals surface area contributed by atoms with Gasteiger partial charge in [-0.1, -0.05) is 42.5 Å². The standard InChI is InChI=1S/C19H14F2N4.ClH/c20-15-8-4-10-17(12-15)24-22-19(14-6-2-1-3-7-14)23-25(24)18-11-5-9-16(21)13-18;/h1-13H,(H,22,23);1H. The number of halogens is 3. The molecule has 0 aromatic heterocycles. The first-order valence-corrected chi connectivity index (χ1v) is 7.73.